The largest absolute Gasteiger partial charge is 0.504 e. The first-order chi connectivity index (χ1) is 17.9. The molecule has 0 amide bonds. The summed E-state index contributed by atoms with van der Waals surface area (Å²) in [6.45, 7) is 0. The molecule has 0 saturated heterocycles. The summed E-state index contributed by atoms with van der Waals surface area (Å²) in [7, 11) is 0. The number of phenols is 4. The van der Waals surface area contributed by atoms with Crippen LogP contribution >= 0.6 is 0 Å². The number of esters is 2. The Hall–Kier alpha value is -5.46. The smallest absolute Gasteiger partial charge is 0.370 e. The lowest BCUT2D eigenvalue weighted by Gasteiger charge is -2.32. The molecule has 3 rings (SSSR count). The van der Waals surface area contributed by atoms with Gasteiger partial charge in [0, 0.05) is 18.2 Å². The molecule has 198 valence electrons. The monoisotopic (exact) mass is 528 g/mol. The number of hydrogen-bond acceptors (Lipinski definition) is 11. The van der Waals surface area contributed by atoms with Crippen LogP contribution in [0.5, 0.6) is 23.0 Å². The fraction of sp³-hybridized carbons (Fsp3) is 0.120. The Morgan fingerprint density at radius 2 is 1.24 bits per heavy atom. The molecule has 0 fully saturated rings. The van der Waals surface area contributed by atoms with E-state index in [1.54, 1.807) is 0 Å². The quantitative estimate of drug-likeness (QED) is 0.163. The van der Waals surface area contributed by atoms with Gasteiger partial charge in [0.15, 0.2) is 35.2 Å². The fourth-order valence-electron chi connectivity index (χ4n) is 3.17. The number of rotatable bonds is 8. The number of carbonyl (C=O) groups excluding carboxylic acids is 2. The average molecular weight is 528 g/mol. The van der Waals surface area contributed by atoms with Crippen molar-refractivity contribution >= 4 is 36.0 Å². The highest BCUT2D eigenvalue weighted by Gasteiger charge is 2.45. The summed E-state index contributed by atoms with van der Waals surface area (Å²) in [5.74, 6) is -8.14. The van der Waals surface area contributed by atoms with Gasteiger partial charge >= 0.3 is 23.9 Å². The maximum atomic E-state index is 12.4. The molecule has 13 nitrogen and oxygen atoms in total. The standard InChI is InChI=1S/C25H20O13/c26-14-5-1-12(9-16(14)28)3-7-20(30)36-18-11-19(24(32)33)37-23(25(34)35)22(18)38-21(31)8-4-13-2-6-15(27)17(29)10-13/h1-11,18,22-23,26-29H,(H,32,33)(H,34,35)/t18-,22+,23-/m0/s1. The third kappa shape index (κ3) is 6.81. The Kier molecular flexibility index (Phi) is 8.22. The van der Waals surface area contributed by atoms with Gasteiger partial charge in [-0.2, -0.15) is 0 Å². The molecule has 38 heavy (non-hydrogen) atoms. The van der Waals surface area contributed by atoms with E-state index in [4.69, 9.17) is 14.2 Å². The number of aromatic hydroxyl groups is 4. The van der Waals surface area contributed by atoms with Gasteiger partial charge in [-0.05, 0) is 47.5 Å². The molecule has 2 aromatic rings. The molecule has 1 aliphatic heterocycles. The van der Waals surface area contributed by atoms with Gasteiger partial charge in [0.2, 0.25) is 11.9 Å². The van der Waals surface area contributed by atoms with Crippen molar-refractivity contribution in [2.45, 2.75) is 18.3 Å². The van der Waals surface area contributed by atoms with E-state index in [1.165, 1.54) is 30.4 Å². The number of hydrogen-bond donors (Lipinski definition) is 6. The molecule has 0 bridgehead atoms. The summed E-state index contributed by atoms with van der Waals surface area (Å²) in [5.41, 5.74) is 0.552. The van der Waals surface area contributed by atoms with E-state index >= 15 is 0 Å². The summed E-state index contributed by atoms with van der Waals surface area (Å²) in [6.07, 6.45) is -0.702. The van der Waals surface area contributed by atoms with Crippen molar-refractivity contribution in [3.8, 4) is 23.0 Å². The Morgan fingerprint density at radius 1 is 0.737 bits per heavy atom. The van der Waals surface area contributed by atoms with Crippen molar-refractivity contribution in [1.82, 2.24) is 0 Å². The first kappa shape index (κ1) is 27.1. The topological polar surface area (TPSA) is 217 Å². The van der Waals surface area contributed by atoms with Crippen molar-refractivity contribution in [1.29, 1.82) is 0 Å². The van der Waals surface area contributed by atoms with Crippen molar-refractivity contribution in [2.75, 3.05) is 0 Å². The molecule has 0 aliphatic carbocycles. The van der Waals surface area contributed by atoms with Crippen molar-refractivity contribution in [2.24, 2.45) is 0 Å². The summed E-state index contributed by atoms with van der Waals surface area (Å²) < 4.78 is 15.2. The molecular weight excluding hydrogens is 508 g/mol. The number of benzene rings is 2. The van der Waals surface area contributed by atoms with Gasteiger partial charge in [0.1, 0.15) is 0 Å². The first-order valence-corrected chi connectivity index (χ1v) is 10.6. The summed E-state index contributed by atoms with van der Waals surface area (Å²) >= 11 is 0. The zero-order valence-corrected chi connectivity index (χ0v) is 19.1. The van der Waals surface area contributed by atoms with E-state index in [-0.39, 0.29) is 16.9 Å². The van der Waals surface area contributed by atoms with E-state index in [0.717, 1.165) is 36.4 Å². The average Bonchev–Trinajstić information content (AvgIpc) is 2.86. The number of carboxylic acids is 2. The highest BCUT2D eigenvalue weighted by molar-refractivity contribution is 5.90. The number of carboxylic acid groups (broad SMARTS) is 2. The number of phenolic OH excluding ortho intramolecular Hbond substituents is 4. The van der Waals surface area contributed by atoms with E-state index in [2.05, 4.69) is 0 Å². The zero-order chi connectivity index (χ0) is 28.0. The molecule has 1 heterocycles. The normalized spacial score (nSPS) is 18.9. The molecule has 0 unspecified atom stereocenters. The third-order valence-corrected chi connectivity index (χ3v) is 4.97. The maximum absolute atomic E-state index is 12.4. The Morgan fingerprint density at radius 3 is 1.68 bits per heavy atom. The summed E-state index contributed by atoms with van der Waals surface area (Å²) in [4.78, 5) is 48.0. The van der Waals surface area contributed by atoms with Crippen LogP contribution in [0.1, 0.15) is 11.1 Å². The number of carbonyl (C=O) groups is 4. The van der Waals surface area contributed by atoms with Gasteiger partial charge < -0.3 is 44.8 Å². The second-order valence-corrected chi connectivity index (χ2v) is 7.68. The SMILES string of the molecule is O=C(C=Cc1ccc(O)c(O)c1)O[C@@H]1[C@@H](OC(=O)C=Cc2ccc(O)c(O)c2)C=C(C(=O)O)O[C@@H]1C(=O)O. The lowest BCUT2D eigenvalue weighted by atomic mass is 10.0. The molecule has 1 aliphatic rings. The van der Waals surface area contributed by atoms with E-state index in [9.17, 15) is 49.8 Å². The van der Waals surface area contributed by atoms with Crippen molar-refractivity contribution in [3.63, 3.8) is 0 Å². The molecule has 6 N–H and O–H groups in total. The molecule has 13 heteroatoms. The van der Waals surface area contributed by atoms with Gasteiger partial charge in [-0.15, -0.1) is 0 Å². The predicted octanol–water partition coefficient (Wildman–Crippen LogP) is 1.51. The molecule has 0 aromatic heterocycles. The summed E-state index contributed by atoms with van der Waals surface area (Å²) in [5, 5.41) is 56.6. The molecule has 3 atom stereocenters. The van der Waals surface area contributed by atoms with Crippen LogP contribution in [-0.4, -0.2) is 72.8 Å². The minimum atomic E-state index is -2.06. The second-order valence-electron chi connectivity index (χ2n) is 7.68. The maximum Gasteiger partial charge on any atom is 0.370 e. The minimum Gasteiger partial charge on any atom is -0.504 e. The van der Waals surface area contributed by atoms with Gasteiger partial charge in [0.05, 0.1) is 0 Å². The Balaban J connectivity index is 1.82. The summed E-state index contributed by atoms with van der Waals surface area (Å²) in [6, 6.07) is 7.32. The molecule has 0 spiro atoms. The van der Waals surface area contributed by atoms with E-state index in [0.29, 0.717) is 0 Å². The van der Waals surface area contributed by atoms with Crippen LogP contribution in [0.25, 0.3) is 12.2 Å². The van der Waals surface area contributed by atoms with Crippen molar-refractivity contribution in [3.05, 3.63) is 71.5 Å². The van der Waals surface area contributed by atoms with Gasteiger partial charge in [-0.1, -0.05) is 12.1 Å². The number of aliphatic carboxylic acids is 2. The predicted molar refractivity (Wildman–Crippen MR) is 126 cm³/mol. The van der Waals surface area contributed by atoms with Crippen LogP contribution in [0.4, 0.5) is 0 Å². The van der Waals surface area contributed by atoms with Crippen LogP contribution in [-0.2, 0) is 33.4 Å². The number of ether oxygens (including phenoxy) is 3. The van der Waals surface area contributed by atoms with Crippen LogP contribution in [0, 0.1) is 0 Å². The van der Waals surface area contributed by atoms with E-state index in [1.807, 2.05) is 0 Å². The molecule has 0 saturated carbocycles. The minimum absolute atomic E-state index is 0.272. The lowest BCUT2D eigenvalue weighted by molar-refractivity contribution is -0.183. The van der Waals surface area contributed by atoms with Gasteiger partial charge in [0.25, 0.3) is 0 Å². The first-order valence-electron chi connectivity index (χ1n) is 10.6. The molecular formula is C25H20O13. The lowest BCUT2D eigenvalue weighted by Crippen LogP contribution is -2.50. The fourth-order valence-corrected chi connectivity index (χ4v) is 3.17. The van der Waals surface area contributed by atoms with E-state index < -0.39 is 65.2 Å². The Bertz CT molecular complexity index is 1360. The van der Waals surface area contributed by atoms with Gasteiger partial charge in [-0.3, -0.25) is 0 Å². The third-order valence-electron chi connectivity index (χ3n) is 4.97. The van der Waals surface area contributed by atoms with Crippen molar-refractivity contribution < 1.29 is 64.0 Å². The zero-order valence-electron chi connectivity index (χ0n) is 19.1. The van der Waals surface area contributed by atoms with Crippen LogP contribution in [0.2, 0.25) is 0 Å². The molecule has 2 aromatic carbocycles. The van der Waals surface area contributed by atoms with Crippen LogP contribution < -0.4 is 0 Å². The van der Waals surface area contributed by atoms with Crippen LogP contribution in [0.3, 0.4) is 0 Å². The molecule has 0 radical (unpaired) electrons. The highest BCUT2D eigenvalue weighted by Crippen LogP contribution is 2.27. The Labute approximate surface area is 213 Å². The van der Waals surface area contributed by atoms with Gasteiger partial charge in [-0.25, -0.2) is 19.2 Å². The van der Waals surface area contributed by atoms with Crippen LogP contribution in [0.15, 0.2) is 60.4 Å². The highest BCUT2D eigenvalue weighted by atomic mass is 16.6. The second kappa shape index (κ2) is 11.5.